The second-order valence-electron chi connectivity index (χ2n) is 3.07. The van der Waals surface area contributed by atoms with Crippen LogP contribution in [0.5, 0.6) is 0 Å². The highest BCUT2D eigenvalue weighted by Crippen LogP contribution is 2.09. The first-order chi connectivity index (χ1) is 6.79. The number of anilines is 1. The van der Waals surface area contributed by atoms with Gasteiger partial charge >= 0.3 is 0 Å². The van der Waals surface area contributed by atoms with Crippen molar-refractivity contribution in [3.05, 3.63) is 12.0 Å². The van der Waals surface area contributed by atoms with Crippen molar-refractivity contribution in [3.63, 3.8) is 0 Å². The quantitative estimate of drug-likeness (QED) is 0.708. The first-order valence-corrected chi connectivity index (χ1v) is 4.45. The molecule has 0 bridgehead atoms. The third-order valence-electron chi connectivity index (χ3n) is 2.18. The highest BCUT2D eigenvalue weighted by Gasteiger charge is 2.21. The van der Waals surface area contributed by atoms with Crippen LogP contribution in [0.1, 0.15) is 10.5 Å². The van der Waals surface area contributed by atoms with Crippen LogP contribution in [0.2, 0.25) is 0 Å². The number of amides is 1. The predicted octanol–water partition coefficient (Wildman–Crippen LogP) is -0.114. The van der Waals surface area contributed by atoms with Crippen molar-refractivity contribution in [2.24, 2.45) is 0 Å². The summed E-state index contributed by atoms with van der Waals surface area (Å²) in [6.07, 6.45) is 1.42. The summed E-state index contributed by atoms with van der Waals surface area (Å²) in [5.74, 6) is 0.143. The van der Waals surface area contributed by atoms with Crippen molar-refractivity contribution in [3.8, 4) is 0 Å². The maximum Gasteiger partial charge on any atom is 0.274 e. The number of nitrogens with zero attached hydrogens (tertiary/aromatic N) is 2. The van der Waals surface area contributed by atoms with Gasteiger partial charge in [-0.25, -0.2) is 4.98 Å². The van der Waals surface area contributed by atoms with E-state index in [1.165, 1.54) is 6.33 Å². The number of hydrogen-bond donors (Lipinski definition) is 2. The maximum atomic E-state index is 11.8. The molecule has 2 rings (SSSR count). The molecule has 1 aliphatic rings. The summed E-state index contributed by atoms with van der Waals surface area (Å²) >= 11 is 0. The first kappa shape index (κ1) is 11.8. The summed E-state index contributed by atoms with van der Waals surface area (Å²) in [4.78, 5) is 20.0. The normalized spacial score (nSPS) is 15.9. The molecule has 1 saturated heterocycles. The minimum atomic E-state index is -0.108. The molecule has 6 nitrogen and oxygen atoms in total. The van der Waals surface area contributed by atoms with Gasteiger partial charge in [0.25, 0.3) is 5.91 Å². The van der Waals surface area contributed by atoms with Gasteiger partial charge in [-0.15, -0.1) is 12.4 Å². The minimum Gasteiger partial charge on any atom is -0.382 e. The standard InChI is InChI=1S/C8H12N4O2.ClH/c9-7-6(10-5-11-7)8(13)12-1-3-14-4-2-12;/h5H,1-4,9H2,(H,10,11);1H. The lowest BCUT2D eigenvalue weighted by molar-refractivity contribution is 0.0300. The zero-order chi connectivity index (χ0) is 9.97. The molecule has 0 aliphatic carbocycles. The van der Waals surface area contributed by atoms with E-state index in [1.54, 1.807) is 4.90 Å². The van der Waals surface area contributed by atoms with E-state index in [2.05, 4.69) is 9.97 Å². The van der Waals surface area contributed by atoms with Gasteiger partial charge in [-0.05, 0) is 0 Å². The van der Waals surface area contributed by atoms with E-state index in [4.69, 9.17) is 10.5 Å². The molecule has 0 radical (unpaired) electrons. The molecular formula is C8H13ClN4O2. The number of aromatic amines is 1. The summed E-state index contributed by atoms with van der Waals surface area (Å²) in [5, 5.41) is 0. The third kappa shape index (κ3) is 2.40. The number of nitrogen functional groups attached to an aromatic ring is 1. The van der Waals surface area contributed by atoms with Gasteiger partial charge in [0.15, 0.2) is 5.82 Å². The Morgan fingerprint density at radius 2 is 2.20 bits per heavy atom. The van der Waals surface area contributed by atoms with E-state index in [9.17, 15) is 4.79 Å². The molecule has 1 aromatic heterocycles. The SMILES string of the molecule is Cl.Nc1nc[nH]c1C(=O)N1CCOCC1. The molecule has 15 heavy (non-hydrogen) atoms. The lowest BCUT2D eigenvalue weighted by Gasteiger charge is -2.26. The number of hydrogen-bond acceptors (Lipinski definition) is 4. The van der Waals surface area contributed by atoms with Gasteiger partial charge in [-0.2, -0.15) is 0 Å². The van der Waals surface area contributed by atoms with Crippen LogP contribution in [-0.2, 0) is 4.74 Å². The Morgan fingerprint density at radius 1 is 1.53 bits per heavy atom. The Bertz CT molecular complexity index is 335. The lowest BCUT2D eigenvalue weighted by atomic mass is 10.3. The van der Waals surface area contributed by atoms with Crippen LogP contribution >= 0.6 is 12.4 Å². The van der Waals surface area contributed by atoms with Gasteiger partial charge < -0.3 is 20.4 Å². The summed E-state index contributed by atoms with van der Waals surface area (Å²) in [6, 6.07) is 0. The number of halogens is 1. The van der Waals surface area contributed by atoms with Gasteiger partial charge in [0.2, 0.25) is 0 Å². The fourth-order valence-corrected chi connectivity index (χ4v) is 1.40. The van der Waals surface area contributed by atoms with Crippen molar-refractivity contribution >= 4 is 24.1 Å². The van der Waals surface area contributed by atoms with Gasteiger partial charge in [0.1, 0.15) is 5.69 Å². The Morgan fingerprint density at radius 3 is 2.73 bits per heavy atom. The van der Waals surface area contributed by atoms with Crippen molar-refractivity contribution in [2.45, 2.75) is 0 Å². The molecule has 0 aromatic carbocycles. The smallest absolute Gasteiger partial charge is 0.274 e. The number of rotatable bonds is 1. The van der Waals surface area contributed by atoms with Crippen LogP contribution in [0, 0.1) is 0 Å². The fraction of sp³-hybridized carbons (Fsp3) is 0.500. The molecule has 84 valence electrons. The molecule has 1 amide bonds. The third-order valence-corrected chi connectivity index (χ3v) is 2.18. The zero-order valence-electron chi connectivity index (χ0n) is 8.10. The number of morpholine rings is 1. The largest absolute Gasteiger partial charge is 0.382 e. The van der Waals surface area contributed by atoms with Crippen LogP contribution in [0.15, 0.2) is 6.33 Å². The fourth-order valence-electron chi connectivity index (χ4n) is 1.40. The Balaban J connectivity index is 0.00000112. The molecule has 2 heterocycles. The molecular weight excluding hydrogens is 220 g/mol. The number of nitrogens with one attached hydrogen (secondary N) is 1. The number of ether oxygens (including phenoxy) is 1. The highest BCUT2D eigenvalue weighted by molar-refractivity contribution is 5.96. The van der Waals surface area contributed by atoms with Crippen LogP contribution in [0.4, 0.5) is 5.82 Å². The molecule has 0 unspecified atom stereocenters. The molecule has 0 atom stereocenters. The predicted molar refractivity (Wildman–Crippen MR) is 57.0 cm³/mol. The highest BCUT2D eigenvalue weighted by atomic mass is 35.5. The van der Waals surface area contributed by atoms with E-state index in [-0.39, 0.29) is 24.1 Å². The maximum absolute atomic E-state index is 11.8. The Labute approximate surface area is 93.2 Å². The number of nitrogens with two attached hydrogens (primary N) is 1. The molecule has 3 N–H and O–H groups in total. The van der Waals surface area contributed by atoms with Gasteiger partial charge in [-0.1, -0.05) is 0 Å². The number of H-pyrrole nitrogens is 1. The molecule has 0 saturated carbocycles. The molecule has 1 aliphatic heterocycles. The van der Waals surface area contributed by atoms with E-state index in [0.29, 0.717) is 32.0 Å². The summed E-state index contributed by atoms with van der Waals surface area (Å²) < 4.78 is 5.15. The van der Waals surface area contributed by atoms with Crippen molar-refractivity contribution in [1.29, 1.82) is 0 Å². The van der Waals surface area contributed by atoms with Crippen LogP contribution in [-0.4, -0.2) is 47.1 Å². The number of carbonyl (C=O) groups excluding carboxylic acids is 1. The number of aromatic nitrogens is 2. The second-order valence-corrected chi connectivity index (χ2v) is 3.07. The monoisotopic (exact) mass is 232 g/mol. The molecule has 1 aromatic rings. The average molecular weight is 233 g/mol. The van der Waals surface area contributed by atoms with Crippen LogP contribution in [0.3, 0.4) is 0 Å². The Hall–Kier alpha value is -1.27. The van der Waals surface area contributed by atoms with E-state index in [1.807, 2.05) is 0 Å². The average Bonchev–Trinajstić information content (AvgIpc) is 2.65. The van der Waals surface area contributed by atoms with Crippen molar-refractivity contribution in [1.82, 2.24) is 14.9 Å². The van der Waals surface area contributed by atoms with Crippen LogP contribution in [0.25, 0.3) is 0 Å². The van der Waals surface area contributed by atoms with Gasteiger partial charge in [0, 0.05) is 13.1 Å². The topological polar surface area (TPSA) is 84.2 Å². The van der Waals surface area contributed by atoms with E-state index >= 15 is 0 Å². The van der Waals surface area contributed by atoms with Crippen molar-refractivity contribution < 1.29 is 9.53 Å². The minimum absolute atomic E-state index is 0. The van der Waals surface area contributed by atoms with E-state index in [0.717, 1.165) is 0 Å². The Kier molecular flexibility index (Phi) is 3.93. The first-order valence-electron chi connectivity index (χ1n) is 4.45. The van der Waals surface area contributed by atoms with Gasteiger partial charge in [-0.3, -0.25) is 4.79 Å². The summed E-state index contributed by atoms with van der Waals surface area (Å²) in [5.41, 5.74) is 5.89. The molecule has 1 fully saturated rings. The zero-order valence-corrected chi connectivity index (χ0v) is 8.92. The summed E-state index contributed by atoms with van der Waals surface area (Å²) in [6.45, 7) is 2.38. The molecule has 0 spiro atoms. The molecule has 7 heteroatoms. The van der Waals surface area contributed by atoms with Crippen LogP contribution < -0.4 is 5.73 Å². The van der Waals surface area contributed by atoms with E-state index < -0.39 is 0 Å². The summed E-state index contributed by atoms with van der Waals surface area (Å²) in [7, 11) is 0. The lowest BCUT2D eigenvalue weighted by Crippen LogP contribution is -2.41. The number of imidazole rings is 1. The van der Waals surface area contributed by atoms with Gasteiger partial charge in [0.05, 0.1) is 19.5 Å². The van der Waals surface area contributed by atoms with Crippen molar-refractivity contribution in [2.75, 3.05) is 32.0 Å². The second kappa shape index (κ2) is 4.99. The number of carbonyl (C=O) groups is 1.